The lowest BCUT2D eigenvalue weighted by Gasteiger charge is -2.41. The summed E-state index contributed by atoms with van der Waals surface area (Å²) in [5, 5.41) is 9.19. The number of hydrogen-bond donors (Lipinski definition) is 1. The van der Waals surface area contributed by atoms with E-state index < -0.39 is 5.54 Å². The van der Waals surface area contributed by atoms with Crippen molar-refractivity contribution in [1.29, 1.82) is 0 Å². The second kappa shape index (κ2) is 7.17. The predicted molar refractivity (Wildman–Crippen MR) is 117 cm³/mol. The number of amides is 2. The van der Waals surface area contributed by atoms with Gasteiger partial charge >= 0.3 is 0 Å². The van der Waals surface area contributed by atoms with Gasteiger partial charge in [0.05, 0.1) is 19.2 Å². The number of carbonyl (C=O) groups excluding carboxylic acids is 2. The zero-order valence-electron chi connectivity index (χ0n) is 16.8. The van der Waals surface area contributed by atoms with Crippen LogP contribution in [0.2, 0.25) is 0 Å². The zero-order chi connectivity index (χ0) is 21.6. The summed E-state index contributed by atoms with van der Waals surface area (Å²) in [6, 6.07) is 7.62. The molecule has 1 unspecified atom stereocenters. The van der Waals surface area contributed by atoms with E-state index in [1.54, 1.807) is 47.9 Å². The van der Waals surface area contributed by atoms with Gasteiger partial charge in [0.1, 0.15) is 17.1 Å². The number of methoxy groups -OCH3 is 1. The molecule has 0 fully saturated rings. The molecule has 10 heteroatoms. The van der Waals surface area contributed by atoms with Crippen LogP contribution in [0.5, 0.6) is 5.75 Å². The Balaban J connectivity index is 1.46. The number of anilines is 1. The van der Waals surface area contributed by atoms with E-state index in [1.165, 1.54) is 11.3 Å². The summed E-state index contributed by atoms with van der Waals surface area (Å²) in [4.78, 5) is 36.2. The molecule has 0 spiro atoms. The Bertz CT molecular complexity index is 1300. The van der Waals surface area contributed by atoms with E-state index in [4.69, 9.17) is 4.74 Å². The number of allylic oxidation sites excluding steroid dienone is 2. The average Bonchev–Trinajstić information content (AvgIpc) is 3.33. The molecule has 1 atom stereocenters. The third-order valence-corrected chi connectivity index (χ3v) is 6.10. The summed E-state index contributed by atoms with van der Waals surface area (Å²) in [6.45, 7) is 1.71. The van der Waals surface area contributed by atoms with Crippen molar-refractivity contribution in [2.45, 2.75) is 18.9 Å². The second-order valence-corrected chi connectivity index (χ2v) is 8.13. The molecule has 0 aliphatic carbocycles. The van der Waals surface area contributed by atoms with Gasteiger partial charge in [0, 0.05) is 17.1 Å². The number of fused-ring (bicyclic) bond motifs is 2. The number of rotatable bonds is 4. The highest BCUT2D eigenvalue weighted by atomic mass is 32.1. The van der Waals surface area contributed by atoms with Gasteiger partial charge in [-0.25, -0.2) is 4.52 Å². The number of benzene rings is 1. The van der Waals surface area contributed by atoms with E-state index in [-0.39, 0.29) is 24.2 Å². The lowest BCUT2D eigenvalue weighted by molar-refractivity contribution is -0.130. The lowest BCUT2D eigenvalue weighted by Crippen LogP contribution is -2.58. The van der Waals surface area contributed by atoms with E-state index >= 15 is 0 Å². The molecule has 2 aliphatic heterocycles. The third-order valence-electron chi connectivity index (χ3n) is 5.28. The number of nitrogens with zero attached hydrogens (tertiary/aromatic N) is 5. The molecule has 4 heterocycles. The first-order valence-electron chi connectivity index (χ1n) is 9.54. The molecule has 31 heavy (non-hydrogen) atoms. The Morgan fingerprint density at radius 2 is 2.13 bits per heavy atom. The highest BCUT2D eigenvalue weighted by Crippen LogP contribution is 2.33. The summed E-state index contributed by atoms with van der Waals surface area (Å²) >= 11 is 1.41. The number of hydrogen-bond acceptors (Lipinski definition) is 7. The lowest BCUT2D eigenvalue weighted by atomic mass is 9.91. The molecule has 1 N–H and O–H groups in total. The van der Waals surface area contributed by atoms with E-state index in [1.807, 2.05) is 29.6 Å². The molecule has 9 nitrogen and oxygen atoms in total. The fraction of sp³-hybridized carbons (Fsp3) is 0.190. The first-order valence-corrected chi connectivity index (χ1v) is 10.4. The van der Waals surface area contributed by atoms with Crippen molar-refractivity contribution in [3.8, 4) is 17.0 Å². The first-order chi connectivity index (χ1) is 15.0. The van der Waals surface area contributed by atoms with Gasteiger partial charge in [-0.3, -0.25) is 14.9 Å². The van der Waals surface area contributed by atoms with E-state index in [0.717, 1.165) is 11.3 Å². The molecule has 0 saturated heterocycles. The smallest absolute Gasteiger partial charge is 0.253 e. The van der Waals surface area contributed by atoms with E-state index in [0.29, 0.717) is 16.5 Å². The van der Waals surface area contributed by atoms with Crippen LogP contribution in [0.25, 0.3) is 16.2 Å². The molecule has 2 amide bonds. The number of ether oxygens (including phenoxy) is 1. The molecule has 0 saturated carbocycles. The quantitative estimate of drug-likeness (QED) is 0.678. The number of aromatic nitrogens is 3. The fourth-order valence-corrected chi connectivity index (χ4v) is 4.51. The third kappa shape index (κ3) is 3.12. The molecule has 2 aromatic heterocycles. The maximum atomic E-state index is 13.2. The molecule has 1 aromatic carbocycles. The van der Waals surface area contributed by atoms with Gasteiger partial charge in [0.25, 0.3) is 17.8 Å². The second-order valence-electron chi connectivity index (χ2n) is 7.29. The topological polar surface area (TPSA) is 101 Å². The van der Waals surface area contributed by atoms with Crippen molar-refractivity contribution >= 4 is 39.9 Å². The van der Waals surface area contributed by atoms with Crippen LogP contribution < -0.4 is 10.1 Å². The molecule has 0 radical (unpaired) electrons. The number of amidine groups is 1. The largest absolute Gasteiger partial charge is 0.496 e. The van der Waals surface area contributed by atoms with Crippen LogP contribution in [0.4, 0.5) is 5.95 Å². The molecule has 156 valence electrons. The summed E-state index contributed by atoms with van der Waals surface area (Å²) in [7, 11) is 1.61. The summed E-state index contributed by atoms with van der Waals surface area (Å²) in [5.74, 6) is 0.593. The van der Waals surface area contributed by atoms with Gasteiger partial charge in [-0.2, -0.15) is 9.98 Å². The Labute approximate surface area is 181 Å². The van der Waals surface area contributed by atoms with E-state index in [9.17, 15) is 9.59 Å². The van der Waals surface area contributed by atoms with Crippen molar-refractivity contribution in [2.75, 3.05) is 12.4 Å². The van der Waals surface area contributed by atoms with Crippen LogP contribution in [-0.2, 0) is 9.59 Å². The molecule has 5 rings (SSSR count). The number of carbonyl (C=O) groups is 2. The number of para-hydroxylation sites is 1. The normalized spacial score (nSPS) is 20.0. The Morgan fingerprint density at radius 3 is 2.97 bits per heavy atom. The first kappa shape index (κ1) is 19.2. The number of nitrogens with one attached hydrogen (secondary N) is 1. The van der Waals surface area contributed by atoms with Crippen molar-refractivity contribution in [3.63, 3.8) is 0 Å². The van der Waals surface area contributed by atoms with Crippen molar-refractivity contribution in [1.82, 2.24) is 19.5 Å². The summed E-state index contributed by atoms with van der Waals surface area (Å²) in [6.07, 6.45) is 6.97. The maximum Gasteiger partial charge on any atom is 0.253 e. The van der Waals surface area contributed by atoms with Crippen LogP contribution in [0.15, 0.2) is 59.1 Å². The van der Waals surface area contributed by atoms with Gasteiger partial charge in [-0.1, -0.05) is 18.2 Å². The minimum absolute atomic E-state index is 0.0464. The SMILES string of the molecule is COc1ccccc1-c1csc2nc(NC(=O)C3(C)CC(=O)N=C4C=CC=CN43)nn12. The molecule has 3 aromatic rings. The van der Waals surface area contributed by atoms with Crippen LogP contribution in [0.3, 0.4) is 0 Å². The Hall–Kier alpha value is -3.79. The number of aliphatic imine (C=N–C) groups is 1. The summed E-state index contributed by atoms with van der Waals surface area (Å²) in [5.41, 5.74) is 0.539. The zero-order valence-corrected chi connectivity index (χ0v) is 17.6. The molecular weight excluding hydrogens is 416 g/mol. The van der Waals surface area contributed by atoms with Crippen molar-refractivity contribution in [2.24, 2.45) is 4.99 Å². The fourth-order valence-electron chi connectivity index (χ4n) is 3.69. The standard InChI is InChI=1S/C21H18N6O3S/c1-21(11-17(28)22-16-9-5-6-10-26(16)21)18(29)23-19-24-20-27(25-19)14(12-31-20)13-7-3-4-8-15(13)30-2/h3-10,12H,11H2,1-2H3,(H,23,25,29). The monoisotopic (exact) mass is 434 g/mol. The van der Waals surface area contributed by atoms with Crippen molar-refractivity contribution < 1.29 is 14.3 Å². The Morgan fingerprint density at radius 1 is 1.29 bits per heavy atom. The minimum Gasteiger partial charge on any atom is -0.496 e. The van der Waals surface area contributed by atoms with E-state index in [2.05, 4.69) is 20.4 Å². The minimum atomic E-state index is -1.14. The highest BCUT2D eigenvalue weighted by molar-refractivity contribution is 7.15. The predicted octanol–water partition coefficient (Wildman–Crippen LogP) is 2.88. The molecule has 0 bridgehead atoms. The van der Waals surface area contributed by atoms with Gasteiger partial charge < -0.3 is 9.64 Å². The molecular formula is C21H18N6O3S. The highest BCUT2D eigenvalue weighted by Gasteiger charge is 2.45. The van der Waals surface area contributed by atoms with Crippen molar-refractivity contribution in [3.05, 3.63) is 54.1 Å². The summed E-state index contributed by atoms with van der Waals surface area (Å²) < 4.78 is 7.12. The maximum absolute atomic E-state index is 13.2. The number of thiazole rings is 1. The van der Waals surface area contributed by atoms with Gasteiger partial charge in [0.2, 0.25) is 4.96 Å². The van der Waals surface area contributed by atoms with Gasteiger partial charge in [0.15, 0.2) is 0 Å². The Kier molecular flexibility index (Phi) is 4.44. The van der Waals surface area contributed by atoms with Gasteiger partial charge in [-0.15, -0.1) is 16.4 Å². The van der Waals surface area contributed by atoms with Crippen LogP contribution in [-0.4, -0.2) is 49.8 Å². The van der Waals surface area contributed by atoms with Crippen LogP contribution >= 0.6 is 11.3 Å². The average molecular weight is 434 g/mol. The van der Waals surface area contributed by atoms with Crippen LogP contribution in [0.1, 0.15) is 13.3 Å². The van der Waals surface area contributed by atoms with Crippen LogP contribution in [0, 0.1) is 0 Å². The van der Waals surface area contributed by atoms with Gasteiger partial charge in [-0.05, 0) is 31.2 Å². The molecule has 2 aliphatic rings.